The Morgan fingerprint density at radius 3 is 2.10 bits per heavy atom. The lowest BCUT2D eigenvalue weighted by atomic mass is 9.97. The molecule has 0 aliphatic heterocycles. The van der Waals surface area contributed by atoms with Gasteiger partial charge in [0.1, 0.15) is 17.7 Å². The van der Waals surface area contributed by atoms with E-state index in [4.69, 9.17) is 4.74 Å². The summed E-state index contributed by atoms with van der Waals surface area (Å²) in [5.74, 6) is -0.809. The van der Waals surface area contributed by atoms with Crippen LogP contribution in [0.15, 0.2) is 48.5 Å². The maximum Gasteiger partial charge on any atom is 0.408 e. The second-order valence-electron chi connectivity index (χ2n) is 12.1. The van der Waals surface area contributed by atoms with Crippen LogP contribution in [0, 0.1) is 12.8 Å². The van der Waals surface area contributed by atoms with Gasteiger partial charge in [-0.1, -0.05) is 95.8 Å². The summed E-state index contributed by atoms with van der Waals surface area (Å²) >= 11 is 0. The van der Waals surface area contributed by atoms with Gasteiger partial charge in [0, 0.05) is 12.2 Å². The summed E-state index contributed by atoms with van der Waals surface area (Å²) in [4.78, 5) is 42.9. The maximum atomic E-state index is 14.3. The fraction of sp³-hybridized carbons (Fsp3) is 0.559. The molecule has 2 rings (SSSR count). The topological polar surface area (TPSA) is 87.7 Å². The molecule has 0 saturated heterocycles. The van der Waals surface area contributed by atoms with Gasteiger partial charge < -0.3 is 20.3 Å². The molecule has 0 bridgehead atoms. The number of hydrogen-bond acceptors (Lipinski definition) is 4. The predicted molar refractivity (Wildman–Crippen MR) is 167 cm³/mol. The molecule has 0 heterocycles. The number of carbonyl (C=O) groups excluding carboxylic acids is 3. The summed E-state index contributed by atoms with van der Waals surface area (Å²) in [6.07, 6.45) is 5.22. The van der Waals surface area contributed by atoms with E-state index in [0.29, 0.717) is 12.2 Å². The van der Waals surface area contributed by atoms with Crippen molar-refractivity contribution >= 4 is 23.6 Å². The smallest absolute Gasteiger partial charge is 0.408 e. The normalized spacial score (nSPS) is 12.9. The second kappa shape index (κ2) is 16.2. The number of aryl methyl sites for hydroxylation is 2. The molecule has 0 aliphatic carbocycles. The van der Waals surface area contributed by atoms with Gasteiger partial charge in [-0.2, -0.15) is 0 Å². The number of nitrogens with zero attached hydrogens (tertiary/aromatic N) is 1. The van der Waals surface area contributed by atoms with Crippen LogP contribution in [0.25, 0.3) is 0 Å². The lowest BCUT2D eigenvalue weighted by Crippen LogP contribution is -2.54. The number of alkyl carbamates (subject to hydrolysis) is 1. The molecule has 2 N–H and O–H groups in total. The van der Waals surface area contributed by atoms with Gasteiger partial charge in [-0.3, -0.25) is 9.59 Å². The third-order valence-electron chi connectivity index (χ3n) is 7.06. The van der Waals surface area contributed by atoms with Gasteiger partial charge in [0.15, 0.2) is 0 Å². The van der Waals surface area contributed by atoms with E-state index in [-0.39, 0.29) is 17.7 Å². The maximum absolute atomic E-state index is 14.3. The van der Waals surface area contributed by atoms with Gasteiger partial charge in [-0.15, -0.1) is 0 Å². The molecular weight excluding hydrogens is 514 g/mol. The molecule has 2 aromatic rings. The van der Waals surface area contributed by atoms with Crippen LogP contribution in [0.3, 0.4) is 0 Å². The summed E-state index contributed by atoms with van der Waals surface area (Å²) in [6.45, 7) is 15.7. The minimum absolute atomic E-state index is 0.222. The van der Waals surface area contributed by atoms with Crippen LogP contribution in [0.2, 0.25) is 0 Å². The second-order valence-corrected chi connectivity index (χ2v) is 12.1. The zero-order valence-electron chi connectivity index (χ0n) is 26.4. The highest BCUT2D eigenvalue weighted by molar-refractivity contribution is 5.99. The summed E-state index contributed by atoms with van der Waals surface area (Å²) in [6, 6.07) is 13.8. The molecule has 226 valence electrons. The van der Waals surface area contributed by atoms with Crippen LogP contribution >= 0.6 is 0 Å². The van der Waals surface area contributed by atoms with E-state index >= 15 is 0 Å². The third kappa shape index (κ3) is 10.9. The Kier molecular flexibility index (Phi) is 13.4. The van der Waals surface area contributed by atoms with E-state index in [1.54, 1.807) is 25.7 Å². The van der Waals surface area contributed by atoms with Gasteiger partial charge >= 0.3 is 6.09 Å². The molecule has 2 atom stereocenters. The molecule has 0 radical (unpaired) electrons. The Labute approximate surface area is 247 Å². The van der Waals surface area contributed by atoms with Crippen molar-refractivity contribution in [1.29, 1.82) is 0 Å². The standard InChI is InChI=1S/C34H51N3O4/c1-9-11-12-13-16-23-37(32(39)29(24(3)4)36-33(40)41-34(6,7)8)30(27-21-19-26(10-2)20-22-27)31(38)35-28-18-15-14-17-25(28)5/h14-15,17-22,24,29-30H,9-13,16,23H2,1-8H3,(H,35,38)(H,36,40). The van der Waals surface area contributed by atoms with E-state index in [1.807, 2.05) is 69.3 Å². The summed E-state index contributed by atoms with van der Waals surface area (Å²) < 4.78 is 5.48. The first-order valence-corrected chi connectivity index (χ1v) is 15.1. The van der Waals surface area contributed by atoms with Crippen LogP contribution in [-0.4, -0.2) is 41.0 Å². The fourth-order valence-corrected chi connectivity index (χ4v) is 4.70. The molecule has 3 amide bonds. The largest absolute Gasteiger partial charge is 0.444 e. The Hall–Kier alpha value is -3.35. The number of amides is 3. The molecule has 7 heteroatoms. The zero-order valence-corrected chi connectivity index (χ0v) is 26.4. The minimum atomic E-state index is -0.874. The highest BCUT2D eigenvalue weighted by atomic mass is 16.6. The Morgan fingerprint density at radius 1 is 0.902 bits per heavy atom. The number of ether oxygens (including phenoxy) is 1. The van der Waals surface area contributed by atoms with E-state index < -0.39 is 23.8 Å². The molecule has 2 unspecified atom stereocenters. The number of benzene rings is 2. The van der Waals surface area contributed by atoms with E-state index in [2.05, 4.69) is 24.5 Å². The summed E-state index contributed by atoms with van der Waals surface area (Å²) in [7, 11) is 0. The average Bonchev–Trinajstić information content (AvgIpc) is 2.91. The highest BCUT2D eigenvalue weighted by Gasteiger charge is 2.37. The quantitative estimate of drug-likeness (QED) is 0.231. The Morgan fingerprint density at radius 2 is 1.54 bits per heavy atom. The van der Waals surface area contributed by atoms with Crippen molar-refractivity contribution in [3.63, 3.8) is 0 Å². The van der Waals surface area contributed by atoms with Gasteiger partial charge in [0.25, 0.3) is 5.91 Å². The van der Waals surface area contributed by atoms with Gasteiger partial charge in [0.05, 0.1) is 0 Å². The number of rotatable bonds is 14. The molecule has 7 nitrogen and oxygen atoms in total. The number of nitrogens with one attached hydrogen (secondary N) is 2. The molecular formula is C34H51N3O4. The van der Waals surface area contributed by atoms with Crippen LogP contribution < -0.4 is 10.6 Å². The SMILES string of the molecule is CCCCCCCN(C(=O)C(NC(=O)OC(C)(C)C)C(C)C)C(C(=O)Nc1ccccc1C)c1ccc(CC)cc1. The number of carbonyl (C=O) groups is 3. The number of unbranched alkanes of at least 4 members (excludes halogenated alkanes) is 4. The van der Waals surface area contributed by atoms with Crippen molar-refractivity contribution in [3.8, 4) is 0 Å². The molecule has 41 heavy (non-hydrogen) atoms. The molecule has 0 aromatic heterocycles. The highest BCUT2D eigenvalue weighted by Crippen LogP contribution is 2.27. The van der Waals surface area contributed by atoms with Gasteiger partial charge in [-0.25, -0.2) is 4.79 Å². The molecule has 0 spiro atoms. The molecule has 2 aromatic carbocycles. The first-order chi connectivity index (χ1) is 19.4. The monoisotopic (exact) mass is 565 g/mol. The fourth-order valence-electron chi connectivity index (χ4n) is 4.70. The number of hydrogen-bond donors (Lipinski definition) is 2. The van der Waals surface area contributed by atoms with Crippen molar-refractivity contribution in [2.75, 3.05) is 11.9 Å². The first-order valence-electron chi connectivity index (χ1n) is 15.1. The molecule has 0 fully saturated rings. The lowest BCUT2D eigenvalue weighted by molar-refractivity contribution is -0.141. The van der Waals surface area contributed by atoms with Crippen molar-refractivity contribution in [1.82, 2.24) is 10.2 Å². The van der Waals surface area contributed by atoms with Crippen molar-refractivity contribution in [2.24, 2.45) is 5.92 Å². The lowest BCUT2D eigenvalue weighted by Gasteiger charge is -2.36. The van der Waals surface area contributed by atoms with Crippen LogP contribution in [0.5, 0.6) is 0 Å². The zero-order chi connectivity index (χ0) is 30.6. The Bertz CT molecular complexity index is 1120. The van der Waals surface area contributed by atoms with E-state index in [0.717, 1.165) is 55.2 Å². The van der Waals surface area contributed by atoms with Crippen LogP contribution in [0.4, 0.5) is 10.5 Å². The number of anilines is 1. The van der Waals surface area contributed by atoms with Crippen molar-refractivity contribution in [3.05, 3.63) is 65.2 Å². The summed E-state index contributed by atoms with van der Waals surface area (Å²) in [5, 5.41) is 5.88. The van der Waals surface area contributed by atoms with E-state index in [1.165, 1.54) is 0 Å². The third-order valence-corrected chi connectivity index (χ3v) is 7.06. The van der Waals surface area contributed by atoms with Gasteiger partial charge in [-0.05, 0) is 69.2 Å². The van der Waals surface area contributed by atoms with Crippen molar-refractivity contribution < 1.29 is 19.1 Å². The van der Waals surface area contributed by atoms with Crippen molar-refractivity contribution in [2.45, 2.75) is 112 Å². The van der Waals surface area contributed by atoms with Gasteiger partial charge in [0.2, 0.25) is 5.91 Å². The average molecular weight is 566 g/mol. The van der Waals surface area contributed by atoms with E-state index in [9.17, 15) is 14.4 Å². The van der Waals surface area contributed by atoms with Crippen LogP contribution in [0.1, 0.15) is 103 Å². The predicted octanol–water partition coefficient (Wildman–Crippen LogP) is 7.59. The minimum Gasteiger partial charge on any atom is -0.444 e. The number of para-hydroxylation sites is 1. The van der Waals surface area contributed by atoms with Crippen LogP contribution in [-0.2, 0) is 20.7 Å². The molecule has 0 aliphatic rings. The summed E-state index contributed by atoms with van der Waals surface area (Å²) in [5.41, 5.74) is 2.82. The first kappa shape index (κ1) is 33.9. The molecule has 0 saturated carbocycles. The Balaban J connectivity index is 2.53.